The van der Waals surface area contributed by atoms with E-state index in [0.717, 1.165) is 77.0 Å². The molecule has 16 nitrogen and oxygen atoms in total. The predicted molar refractivity (Wildman–Crippen MR) is 203 cm³/mol. The van der Waals surface area contributed by atoms with Crippen LogP contribution in [0.2, 0.25) is 0 Å². The maximum absolute atomic E-state index is 13.4. The van der Waals surface area contributed by atoms with Gasteiger partial charge in [-0.15, -0.1) is 0 Å². The highest BCUT2D eigenvalue weighted by Gasteiger charge is 2.54. The minimum atomic E-state index is -2.40. The van der Waals surface area contributed by atoms with Crippen LogP contribution >= 0.6 is 0 Å². The molecule has 0 spiro atoms. The van der Waals surface area contributed by atoms with Gasteiger partial charge >= 0.3 is 23.9 Å². The average molecular weight is 809 g/mol. The van der Waals surface area contributed by atoms with E-state index in [1.165, 1.54) is 0 Å². The first-order valence-corrected chi connectivity index (χ1v) is 20.9. The molecule has 56 heavy (non-hydrogen) atoms. The van der Waals surface area contributed by atoms with E-state index in [1.807, 2.05) is 27.7 Å². The van der Waals surface area contributed by atoms with Crippen LogP contribution in [0.4, 0.5) is 0 Å². The molecule has 0 radical (unpaired) electrons. The molecule has 0 saturated carbocycles. The average Bonchev–Trinajstić information content (AvgIpc) is 3.18. The number of esters is 4. The number of rotatable bonds is 32. The zero-order valence-electron chi connectivity index (χ0n) is 34.1. The normalized spacial score (nSPS) is 22.4. The van der Waals surface area contributed by atoms with E-state index in [2.05, 4.69) is 0 Å². The summed E-state index contributed by atoms with van der Waals surface area (Å²) in [5.41, 5.74) is 0. The second-order valence-corrected chi connectivity index (χ2v) is 14.6. The van der Waals surface area contributed by atoms with Gasteiger partial charge in [0.05, 0.1) is 6.61 Å². The molecule has 0 aromatic rings. The molecule has 1 rings (SSSR count). The van der Waals surface area contributed by atoms with Crippen molar-refractivity contribution in [2.45, 2.75) is 218 Å². The van der Waals surface area contributed by atoms with E-state index in [1.54, 1.807) is 0 Å². The Kier molecular flexibility index (Phi) is 28.2. The monoisotopic (exact) mass is 808 g/mol. The van der Waals surface area contributed by atoms with Gasteiger partial charge in [-0.3, -0.25) is 19.2 Å². The van der Waals surface area contributed by atoms with Crippen LogP contribution in [0.25, 0.3) is 0 Å². The van der Waals surface area contributed by atoms with Gasteiger partial charge in [0.2, 0.25) is 6.29 Å². The number of unbranched alkanes of at least 4 members (excludes halogenated alkanes) is 12. The van der Waals surface area contributed by atoms with Crippen molar-refractivity contribution in [2.24, 2.45) is 0 Å². The quantitative estimate of drug-likeness (QED) is 0.0246. The van der Waals surface area contributed by atoms with Crippen LogP contribution in [0.1, 0.15) is 156 Å². The molecule has 0 aliphatic carbocycles. The number of ether oxygens (including phenoxy) is 6. The third-order valence-electron chi connectivity index (χ3n) is 9.59. The van der Waals surface area contributed by atoms with Crippen molar-refractivity contribution >= 4 is 23.9 Å². The van der Waals surface area contributed by atoms with Crippen LogP contribution in [0.3, 0.4) is 0 Å². The van der Waals surface area contributed by atoms with Crippen LogP contribution in [0, 0.1) is 0 Å². The van der Waals surface area contributed by atoms with E-state index in [4.69, 9.17) is 28.4 Å². The third kappa shape index (κ3) is 20.3. The molecule has 0 bridgehead atoms. The van der Waals surface area contributed by atoms with Gasteiger partial charge in [0, 0.05) is 25.7 Å². The van der Waals surface area contributed by atoms with Gasteiger partial charge in [-0.2, -0.15) is 0 Å². The Labute approximate surface area is 332 Å². The topological polar surface area (TPSA) is 245 Å². The summed E-state index contributed by atoms with van der Waals surface area (Å²) in [5, 5.41) is 61.3. The van der Waals surface area contributed by atoms with E-state index < -0.39 is 98.5 Å². The van der Waals surface area contributed by atoms with E-state index in [-0.39, 0.29) is 25.7 Å². The molecule has 1 saturated heterocycles. The summed E-state index contributed by atoms with van der Waals surface area (Å²) in [5.74, 6) is -2.73. The minimum Gasteiger partial charge on any atom is -0.463 e. The third-order valence-corrected chi connectivity index (χ3v) is 9.59. The molecule has 16 heteroatoms. The van der Waals surface area contributed by atoms with Crippen LogP contribution in [-0.2, 0) is 47.6 Å². The smallest absolute Gasteiger partial charge is 0.306 e. The predicted octanol–water partition coefficient (Wildman–Crippen LogP) is 3.64. The zero-order valence-corrected chi connectivity index (χ0v) is 34.1. The molecule has 1 unspecified atom stereocenters. The molecule has 0 aromatic carbocycles. The van der Waals surface area contributed by atoms with Crippen LogP contribution in [-0.4, -0.2) is 129 Å². The van der Waals surface area contributed by atoms with Gasteiger partial charge in [0.1, 0.15) is 37.1 Å². The first-order valence-electron chi connectivity index (χ1n) is 20.9. The largest absolute Gasteiger partial charge is 0.463 e. The van der Waals surface area contributed by atoms with Gasteiger partial charge in [-0.25, -0.2) is 0 Å². The van der Waals surface area contributed by atoms with Crippen LogP contribution in [0.15, 0.2) is 0 Å². The van der Waals surface area contributed by atoms with Gasteiger partial charge in [-0.05, 0) is 25.7 Å². The molecule has 6 N–H and O–H groups in total. The Hall–Kier alpha value is -2.44. The number of carbonyl (C=O) groups excluding carboxylic acids is 4. The summed E-state index contributed by atoms with van der Waals surface area (Å²) in [4.78, 5) is 52.8. The van der Waals surface area contributed by atoms with Crippen molar-refractivity contribution < 1.29 is 78.2 Å². The second-order valence-electron chi connectivity index (χ2n) is 14.6. The van der Waals surface area contributed by atoms with Crippen molar-refractivity contribution in [3.8, 4) is 0 Å². The second kappa shape index (κ2) is 30.6. The van der Waals surface area contributed by atoms with Crippen molar-refractivity contribution in [3.63, 3.8) is 0 Å². The van der Waals surface area contributed by atoms with Crippen molar-refractivity contribution in [2.75, 3.05) is 13.2 Å². The lowest BCUT2D eigenvalue weighted by atomic mass is 9.97. The highest BCUT2D eigenvalue weighted by atomic mass is 16.8. The van der Waals surface area contributed by atoms with E-state index >= 15 is 0 Å². The Morgan fingerprint density at radius 2 is 0.929 bits per heavy atom. The highest BCUT2D eigenvalue weighted by molar-refractivity contribution is 5.72. The minimum absolute atomic E-state index is 0.00471. The van der Waals surface area contributed by atoms with Crippen LogP contribution in [0.5, 0.6) is 0 Å². The molecular formula is C40H72O16. The summed E-state index contributed by atoms with van der Waals surface area (Å²) < 4.78 is 34.9. The summed E-state index contributed by atoms with van der Waals surface area (Å²) in [6, 6.07) is 0. The molecule has 1 aliphatic rings. The lowest BCUT2D eigenvalue weighted by Crippen LogP contribution is -2.64. The van der Waals surface area contributed by atoms with Crippen molar-refractivity contribution in [3.05, 3.63) is 0 Å². The fourth-order valence-corrected chi connectivity index (χ4v) is 6.11. The number of hydrogen-bond acceptors (Lipinski definition) is 16. The summed E-state index contributed by atoms with van der Waals surface area (Å²) in [6.45, 7) is 6.56. The highest BCUT2D eigenvalue weighted by Crippen LogP contribution is 2.32. The fraction of sp³-hybridized carbons (Fsp3) is 0.900. The molecule has 1 heterocycles. The van der Waals surface area contributed by atoms with Crippen molar-refractivity contribution in [1.82, 2.24) is 0 Å². The number of carbonyl (C=O) groups is 4. The van der Waals surface area contributed by atoms with E-state index in [9.17, 15) is 49.8 Å². The number of aliphatic hydroxyl groups is 6. The van der Waals surface area contributed by atoms with Gasteiger partial charge < -0.3 is 59.1 Å². The molecule has 328 valence electrons. The Morgan fingerprint density at radius 1 is 0.518 bits per heavy atom. The molecule has 10 atom stereocenters. The lowest BCUT2D eigenvalue weighted by molar-refractivity contribution is -0.349. The first kappa shape index (κ1) is 51.6. The molecule has 0 amide bonds. The van der Waals surface area contributed by atoms with Gasteiger partial charge in [0.15, 0.2) is 24.6 Å². The standard InChI is InChI=1S/C40H72O16/c1-5-9-13-17-21-29(43)51-26-28-36(53-30(44)22-18-14-10-6-2)37(54-31(45)23-19-15-11-7-3)38(55-32(46)24-20-16-12-8-4)40(52-28)56-39(50)35(49)34(48)33(47)27(42)25-41/h27-28,33-42,47-50H,5-26H2,1-4H3/t27-,28-,33-,34+,35+,36-,37+,38+,39?,40+/m1/s1. The van der Waals surface area contributed by atoms with Gasteiger partial charge in [-0.1, -0.05) is 105 Å². The SMILES string of the molecule is CCCCCCC(=O)OC[C@H]1O[C@@H](OC(O)[C@@H](O)[C@@H](O)[C@H](O)[C@H](O)CO)[C@@H](OC(=O)CCCCCC)[C@@H](OC(=O)CCCCCC)[C@@H]1OC(=O)CCCCCC. The Bertz CT molecular complexity index is 1070. The lowest BCUT2D eigenvalue weighted by Gasteiger charge is -2.45. The van der Waals surface area contributed by atoms with Crippen LogP contribution < -0.4 is 0 Å². The summed E-state index contributed by atoms with van der Waals surface area (Å²) in [7, 11) is 0. The number of hydrogen-bond donors (Lipinski definition) is 6. The molecule has 1 fully saturated rings. The number of aliphatic hydroxyl groups excluding tert-OH is 6. The Morgan fingerprint density at radius 3 is 1.36 bits per heavy atom. The molecule has 1 aliphatic heterocycles. The maximum Gasteiger partial charge on any atom is 0.306 e. The van der Waals surface area contributed by atoms with Crippen molar-refractivity contribution in [1.29, 1.82) is 0 Å². The molecule has 0 aromatic heterocycles. The Balaban J connectivity index is 3.65. The summed E-state index contributed by atoms with van der Waals surface area (Å²) >= 11 is 0. The first-order chi connectivity index (χ1) is 26.8. The molecular weight excluding hydrogens is 736 g/mol. The fourth-order valence-electron chi connectivity index (χ4n) is 6.11. The summed E-state index contributed by atoms with van der Waals surface area (Å²) in [6.07, 6.45) is -6.82. The van der Waals surface area contributed by atoms with Gasteiger partial charge in [0.25, 0.3) is 0 Å². The maximum atomic E-state index is 13.4. The van der Waals surface area contributed by atoms with E-state index in [0.29, 0.717) is 25.7 Å². The zero-order chi connectivity index (χ0) is 41.9.